The molecular formula is C65H106O6. The van der Waals surface area contributed by atoms with Crippen LogP contribution in [0.2, 0.25) is 0 Å². The van der Waals surface area contributed by atoms with Crippen molar-refractivity contribution in [3.05, 3.63) is 122 Å². The molecule has 0 amide bonds. The molecule has 0 N–H and O–H groups in total. The normalized spacial score (nSPS) is 13.0. The van der Waals surface area contributed by atoms with Gasteiger partial charge in [-0.15, -0.1) is 0 Å². The SMILES string of the molecule is CC/C=C\C/C=C\C/C=C\C/C=C\C/C=C\CCCCCC(=O)OC[C@H](COC(=O)CCCCC/C=C\C/C=C\C/C=C\C/C=C\CCCCC)OC(=O)CCCCCCCCC/C=C\CCCCCC. The van der Waals surface area contributed by atoms with E-state index in [4.69, 9.17) is 14.2 Å². The van der Waals surface area contributed by atoms with Crippen LogP contribution in [-0.4, -0.2) is 37.2 Å². The minimum atomic E-state index is -0.811. The van der Waals surface area contributed by atoms with Gasteiger partial charge >= 0.3 is 17.9 Å². The Hall–Kier alpha value is -4.19. The van der Waals surface area contributed by atoms with Crippen LogP contribution < -0.4 is 0 Å². The lowest BCUT2D eigenvalue weighted by Gasteiger charge is -2.18. The van der Waals surface area contributed by atoms with Crippen LogP contribution in [0, 0.1) is 0 Å². The van der Waals surface area contributed by atoms with E-state index in [0.717, 1.165) is 122 Å². The monoisotopic (exact) mass is 983 g/mol. The lowest BCUT2D eigenvalue weighted by Crippen LogP contribution is -2.30. The summed E-state index contributed by atoms with van der Waals surface area (Å²) in [6.07, 6.45) is 80.4. The maximum atomic E-state index is 12.9. The van der Waals surface area contributed by atoms with Gasteiger partial charge in [-0.25, -0.2) is 0 Å². The zero-order valence-electron chi connectivity index (χ0n) is 45.9. The first-order valence-electron chi connectivity index (χ1n) is 29.0. The first-order chi connectivity index (χ1) is 35.0. The van der Waals surface area contributed by atoms with Gasteiger partial charge in [0.05, 0.1) is 0 Å². The van der Waals surface area contributed by atoms with E-state index in [-0.39, 0.29) is 31.1 Å². The molecule has 0 bridgehead atoms. The van der Waals surface area contributed by atoms with Gasteiger partial charge in [-0.05, 0) is 135 Å². The fourth-order valence-electron chi connectivity index (χ4n) is 7.56. The smallest absolute Gasteiger partial charge is 0.306 e. The zero-order chi connectivity index (χ0) is 51.4. The van der Waals surface area contributed by atoms with Crippen LogP contribution in [0.5, 0.6) is 0 Å². The molecule has 402 valence electrons. The van der Waals surface area contributed by atoms with Crippen molar-refractivity contribution in [2.45, 2.75) is 258 Å². The molecular weight excluding hydrogens is 877 g/mol. The van der Waals surface area contributed by atoms with Gasteiger partial charge in [-0.2, -0.15) is 0 Å². The van der Waals surface area contributed by atoms with Gasteiger partial charge in [0.25, 0.3) is 0 Å². The molecule has 71 heavy (non-hydrogen) atoms. The fourth-order valence-corrected chi connectivity index (χ4v) is 7.56. The summed E-state index contributed by atoms with van der Waals surface area (Å²) < 4.78 is 16.8. The molecule has 6 heteroatoms. The molecule has 0 unspecified atom stereocenters. The predicted molar refractivity (Wildman–Crippen MR) is 306 cm³/mol. The number of rotatable bonds is 51. The summed E-state index contributed by atoms with van der Waals surface area (Å²) in [7, 11) is 0. The van der Waals surface area contributed by atoms with Crippen LogP contribution in [0.4, 0.5) is 0 Å². The van der Waals surface area contributed by atoms with Gasteiger partial charge in [0, 0.05) is 19.3 Å². The Morgan fingerprint density at radius 1 is 0.296 bits per heavy atom. The molecule has 0 rings (SSSR count). The van der Waals surface area contributed by atoms with Crippen LogP contribution in [0.15, 0.2) is 122 Å². The largest absolute Gasteiger partial charge is 0.462 e. The fraction of sp³-hybridized carbons (Fsp3) is 0.646. The van der Waals surface area contributed by atoms with Crippen molar-refractivity contribution in [1.82, 2.24) is 0 Å². The molecule has 0 aromatic rings. The molecule has 1 atom stereocenters. The first kappa shape index (κ1) is 66.8. The number of ether oxygens (including phenoxy) is 3. The van der Waals surface area contributed by atoms with E-state index in [1.54, 1.807) is 0 Å². The van der Waals surface area contributed by atoms with Gasteiger partial charge in [0.2, 0.25) is 0 Å². The first-order valence-corrected chi connectivity index (χ1v) is 29.0. The van der Waals surface area contributed by atoms with Gasteiger partial charge < -0.3 is 14.2 Å². The predicted octanol–water partition coefficient (Wildman–Crippen LogP) is 19.6. The van der Waals surface area contributed by atoms with E-state index < -0.39 is 6.10 Å². The summed E-state index contributed by atoms with van der Waals surface area (Å²) in [5, 5.41) is 0. The third-order valence-electron chi connectivity index (χ3n) is 11.9. The van der Waals surface area contributed by atoms with E-state index in [9.17, 15) is 14.4 Å². The molecule has 0 radical (unpaired) electrons. The number of esters is 3. The van der Waals surface area contributed by atoms with Crippen molar-refractivity contribution in [2.75, 3.05) is 13.2 Å². The number of unbranched alkanes of at least 4 members (excludes halogenated alkanes) is 20. The molecule has 0 aliphatic carbocycles. The van der Waals surface area contributed by atoms with Gasteiger partial charge in [0.1, 0.15) is 13.2 Å². The maximum absolute atomic E-state index is 12.9. The van der Waals surface area contributed by atoms with E-state index >= 15 is 0 Å². The molecule has 0 aliphatic rings. The van der Waals surface area contributed by atoms with E-state index in [2.05, 4.69) is 142 Å². The number of carbonyl (C=O) groups is 3. The van der Waals surface area contributed by atoms with Crippen molar-refractivity contribution in [2.24, 2.45) is 0 Å². The van der Waals surface area contributed by atoms with Crippen molar-refractivity contribution < 1.29 is 28.6 Å². The van der Waals surface area contributed by atoms with E-state index in [1.807, 2.05) is 0 Å². The number of allylic oxidation sites excluding steroid dienone is 20. The Kier molecular flexibility index (Phi) is 54.9. The van der Waals surface area contributed by atoms with Gasteiger partial charge in [-0.3, -0.25) is 14.4 Å². The van der Waals surface area contributed by atoms with Gasteiger partial charge in [-0.1, -0.05) is 219 Å². The number of hydrogen-bond acceptors (Lipinski definition) is 6. The van der Waals surface area contributed by atoms with Crippen LogP contribution in [0.3, 0.4) is 0 Å². The average molecular weight is 984 g/mol. The summed E-state index contributed by atoms with van der Waals surface area (Å²) in [5.74, 6) is -0.976. The maximum Gasteiger partial charge on any atom is 0.306 e. The van der Waals surface area contributed by atoms with Crippen LogP contribution in [0.1, 0.15) is 252 Å². The third kappa shape index (κ3) is 56.6. The average Bonchev–Trinajstić information content (AvgIpc) is 3.37. The molecule has 0 aliphatic heterocycles. The van der Waals surface area contributed by atoms with Gasteiger partial charge in [0.15, 0.2) is 6.10 Å². The highest BCUT2D eigenvalue weighted by Crippen LogP contribution is 2.13. The van der Waals surface area contributed by atoms with Crippen LogP contribution in [-0.2, 0) is 28.6 Å². The van der Waals surface area contributed by atoms with E-state index in [1.165, 1.54) is 89.9 Å². The van der Waals surface area contributed by atoms with Crippen molar-refractivity contribution in [3.8, 4) is 0 Å². The number of carbonyl (C=O) groups excluding carboxylic acids is 3. The highest BCUT2D eigenvalue weighted by molar-refractivity contribution is 5.71. The summed E-state index contributed by atoms with van der Waals surface area (Å²) >= 11 is 0. The highest BCUT2D eigenvalue weighted by atomic mass is 16.6. The Morgan fingerprint density at radius 2 is 0.549 bits per heavy atom. The molecule has 0 heterocycles. The third-order valence-corrected chi connectivity index (χ3v) is 11.9. The summed E-state index contributed by atoms with van der Waals surface area (Å²) in [5.41, 5.74) is 0. The topological polar surface area (TPSA) is 78.9 Å². The van der Waals surface area contributed by atoms with Crippen molar-refractivity contribution in [3.63, 3.8) is 0 Å². The quantitative estimate of drug-likeness (QED) is 0.0261. The molecule has 0 fully saturated rings. The minimum absolute atomic E-state index is 0.110. The Morgan fingerprint density at radius 3 is 0.915 bits per heavy atom. The second-order valence-corrected chi connectivity index (χ2v) is 18.8. The second kappa shape index (κ2) is 58.4. The minimum Gasteiger partial charge on any atom is -0.462 e. The van der Waals surface area contributed by atoms with Crippen molar-refractivity contribution >= 4 is 17.9 Å². The molecule has 0 spiro atoms. The lowest BCUT2D eigenvalue weighted by molar-refractivity contribution is -0.167. The standard InChI is InChI=1S/C65H106O6/c1-4-7-10-13-16-19-22-25-28-30-32-34-37-39-42-45-48-51-54-57-63(66)69-60-62(71-65(68)59-56-53-50-47-44-41-36-27-24-21-18-15-12-9-6-3)61-70-64(67)58-55-52-49-46-43-40-38-35-33-31-29-26-23-20-17-14-11-8-5-2/h7,10,16-17,19-21,24-26,28-29,32-35,39-40,42-43,62H,4-6,8-9,11-15,18,22-23,27,30-31,36-38,41,44-61H2,1-3H3/b10-7-,19-16-,20-17-,24-21-,28-25-,29-26-,34-32-,35-33-,42-39-,43-40-/t62-/m1/s1. The molecule has 0 saturated heterocycles. The Balaban J connectivity index is 4.52. The summed E-state index contributed by atoms with van der Waals surface area (Å²) in [6.45, 7) is 6.42. The molecule has 6 nitrogen and oxygen atoms in total. The zero-order valence-corrected chi connectivity index (χ0v) is 45.9. The van der Waals surface area contributed by atoms with Crippen LogP contribution in [0.25, 0.3) is 0 Å². The molecule has 0 aromatic carbocycles. The Labute approximate surface area is 437 Å². The second-order valence-electron chi connectivity index (χ2n) is 18.8. The number of hydrogen-bond donors (Lipinski definition) is 0. The Bertz CT molecular complexity index is 1500. The summed E-state index contributed by atoms with van der Waals surface area (Å²) in [4.78, 5) is 38.2. The lowest BCUT2D eigenvalue weighted by atomic mass is 10.1. The molecule has 0 aromatic heterocycles. The van der Waals surface area contributed by atoms with Crippen molar-refractivity contribution in [1.29, 1.82) is 0 Å². The van der Waals surface area contributed by atoms with Crippen LogP contribution >= 0.6 is 0 Å². The molecule has 0 saturated carbocycles. The highest BCUT2D eigenvalue weighted by Gasteiger charge is 2.19. The summed E-state index contributed by atoms with van der Waals surface area (Å²) in [6, 6.07) is 0. The van der Waals surface area contributed by atoms with E-state index in [0.29, 0.717) is 19.3 Å².